The number of furan rings is 1. The molecule has 0 saturated heterocycles. The number of rotatable bonds is 4. The quantitative estimate of drug-likeness (QED) is 0.902. The standard InChI is InChI=1S/C12H16N4O3/c1-7-5-9(8(2)19-7)10-13-14-15-16(10)6-12(3,4)11(17)18/h5H,6H2,1-4H3,(H,17,18). The topological polar surface area (TPSA) is 94.0 Å². The molecule has 0 aliphatic heterocycles. The van der Waals surface area contributed by atoms with Crippen LogP contribution in [0.1, 0.15) is 25.4 Å². The highest BCUT2D eigenvalue weighted by atomic mass is 16.4. The van der Waals surface area contributed by atoms with Crippen molar-refractivity contribution in [2.24, 2.45) is 5.41 Å². The molecule has 2 rings (SSSR count). The van der Waals surface area contributed by atoms with E-state index in [-0.39, 0.29) is 6.54 Å². The van der Waals surface area contributed by atoms with E-state index in [9.17, 15) is 4.79 Å². The van der Waals surface area contributed by atoms with Crippen LogP contribution in [0.2, 0.25) is 0 Å². The smallest absolute Gasteiger partial charge is 0.310 e. The van der Waals surface area contributed by atoms with Crippen molar-refractivity contribution < 1.29 is 14.3 Å². The van der Waals surface area contributed by atoms with Gasteiger partial charge in [0.05, 0.1) is 17.5 Å². The highest BCUT2D eigenvalue weighted by molar-refractivity contribution is 5.73. The largest absolute Gasteiger partial charge is 0.481 e. The molecule has 0 fully saturated rings. The molecule has 0 bridgehead atoms. The number of carboxylic acid groups (broad SMARTS) is 1. The molecule has 0 aliphatic carbocycles. The maximum absolute atomic E-state index is 11.2. The normalized spacial score (nSPS) is 11.8. The van der Waals surface area contributed by atoms with Crippen LogP contribution >= 0.6 is 0 Å². The van der Waals surface area contributed by atoms with Crippen molar-refractivity contribution >= 4 is 5.97 Å². The van der Waals surface area contributed by atoms with Crippen LogP contribution in [-0.2, 0) is 11.3 Å². The minimum Gasteiger partial charge on any atom is -0.481 e. The fourth-order valence-corrected chi connectivity index (χ4v) is 1.80. The summed E-state index contributed by atoms with van der Waals surface area (Å²) in [6, 6.07) is 1.84. The summed E-state index contributed by atoms with van der Waals surface area (Å²) in [7, 11) is 0. The number of carboxylic acids is 1. The second kappa shape index (κ2) is 4.49. The molecule has 2 aromatic heterocycles. The Labute approximate surface area is 110 Å². The van der Waals surface area contributed by atoms with E-state index in [2.05, 4.69) is 15.5 Å². The molecule has 0 saturated carbocycles. The van der Waals surface area contributed by atoms with Crippen LogP contribution in [0.5, 0.6) is 0 Å². The van der Waals surface area contributed by atoms with Crippen LogP contribution in [0.15, 0.2) is 10.5 Å². The molecule has 2 heterocycles. The van der Waals surface area contributed by atoms with Crippen molar-refractivity contribution in [1.82, 2.24) is 20.2 Å². The Morgan fingerprint density at radius 2 is 2.16 bits per heavy atom. The summed E-state index contributed by atoms with van der Waals surface area (Å²) in [5, 5.41) is 20.6. The van der Waals surface area contributed by atoms with E-state index < -0.39 is 11.4 Å². The summed E-state index contributed by atoms with van der Waals surface area (Å²) in [6.07, 6.45) is 0. The maximum atomic E-state index is 11.2. The minimum absolute atomic E-state index is 0.189. The van der Waals surface area contributed by atoms with Gasteiger partial charge in [0.2, 0.25) is 0 Å². The van der Waals surface area contributed by atoms with Crippen molar-refractivity contribution in [3.05, 3.63) is 17.6 Å². The SMILES string of the molecule is Cc1cc(-c2nnnn2CC(C)(C)C(=O)O)c(C)o1. The lowest BCUT2D eigenvalue weighted by molar-refractivity contribution is -0.147. The molecular weight excluding hydrogens is 248 g/mol. The predicted molar refractivity (Wildman–Crippen MR) is 66.4 cm³/mol. The Morgan fingerprint density at radius 1 is 1.47 bits per heavy atom. The Morgan fingerprint density at radius 3 is 2.68 bits per heavy atom. The number of carbonyl (C=O) groups is 1. The number of aromatic nitrogens is 4. The highest BCUT2D eigenvalue weighted by Gasteiger charge is 2.30. The molecule has 0 aromatic carbocycles. The number of aliphatic carboxylic acids is 1. The average Bonchev–Trinajstić information content (AvgIpc) is 2.84. The molecule has 0 spiro atoms. The summed E-state index contributed by atoms with van der Waals surface area (Å²) >= 11 is 0. The molecule has 19 heavy (non-hydrogen) atoms. The van der Waals surface area contributed by atoms with Gasteiger partial charge in [-0.25, -0.2) is 4.68 Å². The van der Waals surface area contributed by atoms with Crippen molar-refractivity contribution in [2.75, 3.05) is 0 Å². The Kier molecular flexibility index (Phi) is 3.13. The fourth-order valence-electron chi connectivity index (χ4n) is 1.80. The van der Waals surface area contributed by atoms with Crippen molar-refractivity contribution in [1.29, 1.82) is 0 Å². The van der Waals surface area contributed by atoms with Crippen molar-refractivity contribution in [2.45, 2.75) is 34.2 Å². The number of hydrogen-bond donors (Lipinski definition) is 1. The molecule has 0 unspecified atom stereocenters. The summed E-state index contributed by atoms with van der Waals surface area (Å²) in [5.41, 5.74) is -0.166. The van der Waals surface area contributed by atoms with Crippen LogP contribution in [-0.4, -0.2) is 31.3 Å². The van der Waals surface area contributed by atoms with Gasteiger partial charge in [0.15, 0.2) is 5.82 Å². The van der Waals surface area contributed by atoms with E-state index in [4.69, 9.17) is 9.52 Å². The molecule has 0 aliphatic rings. The Bertz CT molecular complexity index is 612. The molecule has 0 radical (unpaired) electrons. The number of nitrogens with zero attached hydrogens (tertiary/aromatic N) is 4. The van der Waals surface area contributed by atoms with Crippen molar-refractivity contribution in [3.8, 4) is 11.4 Å². The third-order valence-electron chi connectivity index (χ3n) is 2.94. The minimum atomic E-state index is -0.948. The molecule has 2 aromatic rings. The first-order valence-electron chi connectivity index (χ1n) is 5.88. The zero-order valence-corrected chi connectivity index (χ0v) is 11.3. The van der Waals surface area contributed by atoms with Crippen LogP contribution in [0.25, 0.3) is 11.4 Å². The lowest BCUT2D eigenvalue weighted by Gasteiger charge is -2.18. The van der Waals surface area contributed by atoms with Gasteiger partial charge in [0.1, 0.15) is 11.5 Å². The van der Waals surface area contributed by atoms with Gasteiger partial charge in [-0.15, -0.1) is 5.10 Å². The van der Waals surface area contributed by atoms with Gasteiger partial charge in [-0.1, -0.05) is 0 Å². The Balaban J connectivity index is 2.38. The fraction of sp³-hybridized carbons (Fsp3) is 0.500. The third kappa shape index (κ3) is 2.49. The van der Waals surface area contributed by atoms with Gasteiger partial charge >= 0.3 is 5.97 Å². The lowest BCUT2D eigenvalue weighted by atomic mass is 9.94. The Hall–Kier alpha value is -2.18. The molecule has 0 atom stereocenters. The van der Waals surface area contributed by atoms with Gasteiger partial charge in [-0.3, -0.25) is 4.79 Å². The van der Waals surface area contributed by atoms with Crippen LogP contribution in [0.4, 0.5) is 0 Å². The van der Waals surface area contributed by atoms with Crippen molar-refractivity contribution in [3.63, 3.8) is 0 Å². The maximum Gasteiger partial charge on any atom is 0.310 e. The second-order valence-electron chi connectivity index (χ2n) is 5.18. The average molecular weight is 264 g/mol. The van der Waals surface area contributed by atoms with Gasteiger partial charge in [0, 0.05) is 0 Å². The first-order valence-corrected chi connectivity index (χ1v) is 5.88. The van der Waals surface area contributed by atoms with Crippen LogP contribution in [0.3, 0.4) is 0 Å². The highest BCUT2D eigenvalue weighted by Crippen LogP contribution is 2.26. The number of aryl methyl sites for hydroxylation is 2. The zero-order valence-electron chi connectivity index (χ0n) is 11.3. The van der Waals surface area contributed by atoms with E-state index in [1.54, 1.807) is 13.8 Å². The van der Waals surface area contributed by atoms with Gasteiger partial charge < -0.3 is 9.52 Å². The second-order valence-corrected chi connectivity index (χ2v) is 5.18. The first kappa shape index (κ1) is 13.3. The summed E-state index contributed by atoms with van der Waals surface area (Å²) in [6.45, 7) is 7.12. The molecule has 7 heteroatoms. The molecule has 7 nitrogen and oxygen atoms in total. The van der Waals surface area contributed by atoms with E-state index in [1.165, 1.54) is 4.68 Å². The summed E-state index contributed by atoms with van der Waals surface area (Å²) in [5.74, 6) is 1.10. The van der Waals surface area contributed by atoms with Crippen LogP contribution in [0, 0.1) is 19.3 Å². The monoisotopic (exact) mass is 264 g/mol. The molecule has 0 amide bonds. The summed E-state index contributed by atoms with van der Waals surface area (Å²) in [4.78, 5) is 11.2. The number of hydrogen-bond acceptors (Lipinski definition) is 5. The van der Waals surface area contributed by atoms with Gasteiger partial charge in [-0.2, -0.15) is 0 Å². The summed E-state index contributed by atoms with van der Waals surface area (Å²) < 4.78 is 6.94. The zero-order chi connectivity index (χ0) is 14.2. The molecule has 102 valence electrons. The van der Waals surface area contributed by atoms with Gasteiger partial charge in [0.25, 0.3) is 0 Å². The number of tetrazole rings is 1. The van der Waals surface area contributed by atoms with Gasteiger partial charge in [-0.05, 0) is 44.2 Å². The van der Waals surface area contributed by atoms with E-state index in [1.807, 2.05) is 19.9 Å². The van der Waals surface area contributed by atoms with E-state index in [0.717, 1.165) is 11.3 Å². The molecule has 1 N–H and O–H groups in total. The lowest BCUT2D eigenvalue weighted by Crippen LogP contribution is -2.30. The first-order chi connectivity index (χ1) is 8.81. The third-order valence-corrected chi connectivity index (χ3v) is 2.94. The molecular formula is C12H16N4O3. The van der Waals surface area contributed by atoms with Crippen LogP contribution < -0.4 is 0 Å². The predicted octanol–water partition coefficient (Wildman–Crippen LogP) is 1.66. The van der Waals surface area contributed by atoms with E-state index in [0.29, 0.717) is 11.6 Å². The van der Waals surface area contributed by atoms with E-state index >= 15 is 0 Å².